The lowest BCUT2D eigenvalue weighted by Crippen LogP contribution is -2.05. The lowest BCUT2D eigenvalue weighted by atomic mass is 10.4. The van der Waals surface area contributed by atoms with Crippen molar-refractivity contribution < 1.29 is 0 Å². The molecule has 1 N–H and O–H groups in total. The number of hydrogen-bond acceptors (Lipinski definition) is 3. The first-order valence-corrected chi connectivity index (χ1v) is 4.09. The second-order valence-corrected chi connectivity index (χ2v) is 3.11. The summed E-state index contributed by atoms with van der Waals surface area (Å²) in [5, 5.41) is 0. The highest BCUT2D eigenvalue weighted by Crippen LogP contribution is 2.07. The van der Waals surface area contributed by atoms with Gasteiger partial charge in [0.1, 0.15) is 21.6 Å². The molecule has 0 spiro atoms. The van der Waals surface area contributed by atoms with Gasteiger partial charge in [0.15, 0.2) is 5.65 Å². The Bertz CT molecular complexity index is 434. The Morgan fingerprint density at radius 3 is 2.67 bits per heavy atom. The molecule has 0 aliphatic heterocycles. The summed E-state index contributed by atoms with van der Waals surface area (Å²) in [6.45, 7) is 3.79. The first-order valence-electron chi connectivity index (χ1n) is 3.59. The molecule has 0 aliphatic carbocycles. The van der Waals surface area contributed by atoms with Gasteiger partial charge in [-0.05, 0) is 13.8 Å². The molecule has 0 fully saturated rings. The second-order valence-electron chi connectivity index (χ2n) is 2.64. The number of fused-ring (bicyclic) bond motifs is 1. The third-order valence-corrected chi connectivity index (χ3v) is 1.88. The number of rotatable bonds is 0. The summed E-state index contributed by atoms with van der Waals surface area (Å²) in [7, 11) is 3.30. The van der Waals surface area contributed by atoms with Crippen molar-refractivity contribution in [1.29, 1.82) is 0 Å². The average Bonchev–Trinajstić information content (AvgIpc) is 2.29. The quantitative estimate of drug-likeness (QED) is 0.562. The number of aromatic amines is 1. The van der Waals surface area contributed by atoms with E-state index < -0.39 is 0 Å². The Hall–Kier alpha value is -1.23. The fourth-order valence-electron chi connectivity index (χ4n) is 1.17. The molecule has 0 atom stereocenters. The minimum Gasteiger partial charge on any atom is -0.344 e. The Balaban J connectivity index is 2.88. The minimum absolute atomic E-state index is 0.688. The van der Waals surface area contributed by atoms with Crippen LogP contribution in [-0.2, 0) is 0 Å². The molecule has 5 heteroatoms. The van der Waals surface area contributed by atoms with Crippen LogP contribution in [-0.4, -0.2) is 30.2 Å². The molecule has 0 aromatic carbocycles. The van der Waals surface area contributed by atoms with Gasteiger partial charge < -0.3 is 4.98 Å². The van der Waals surface area contributed by atoms with E-state index in [0.29, 0.717) is 11.1 Å². The van der Waals surface area contributed by atoms with E-state index in [1.807, 2.05) is 13.8 Å². The minimum atomic E-state index is 0.688. The van der Waals surface area contributed by atoms with Crippen LogP contribution in [0.3, 0.4) is 0 Å². The number of nitrogens with one attached hydrogen (secondary N) is 1. The fraction of sp³-hybridized carbons (Fsp3) is 0.286. The van der Waals surface area contributed by atoms with Gasteiger partial charge in [-0.3, -0.25) is 0 Å². The molecule has 12 heavy (non-hydrogen) atoms. The number of nitrogens with zero attached hydrogens (tertiary/aromatic N) is 3. The molecule has 0 bridgehead atoms. The summed E-state index contributed by atoms with van der Waals surface area (Å²) in [6, 6.07) is 0. The van der Waals surface area contributed by atoms with Gasteiger partial charge >= 0.3 is 0 Å². The zero-order chi connectivity index (χ0) is 8.72. The average molecular weight is 175 g/mol. The molecule has 2 rings (SSSR count). The smallest absolute Gasteiger partial charge is 0.180 e. The number of aromatic nitrogens is 4. The molecule has 0 saturated heterocycles. The molecule has 2 aromatic rings. The van der Waals surface area contributed by atoms with Crippen molar-refractivity contribution >= 4 is 26.9 Å². The second kappa shape index (κ2) is 2.38. The molecule has 2 heterocycles. The maximum absolute atomic E-state index is 4.21. The molecule has 0 unspecified atom stereocenters. The predicted octanol–water partition coefficient (Wildman–Crippen LogP) is -0.236. The number of H-pyrrole nitrogens is 1. The third kappa shape index (κ3) is 1.02. The van der Waals surface area contributed by atoms with E-state index in [-0.39, 0.29) is 0 Å². The largest absolute Gasteiger partial charge is 0.344 e. The van der Waals surface area contributed by atoms with Crippen LogP contribution >= 0.6 is 0 Å². The van der Waals surface area contributed by atoms with Crippen LogP contribution in [0.4, 0.5) is 0 Å². The zero-order valence-corrected chi connectivity index (χ0v) is 7.84. The first kappa shape index (κ1) is 7.42. The van der Waals surface area contributed by atoms with Crippen LogP contribution in [0, 0.1) is 13.8 Å². The van der Waals surface area contributed by atoms with Crippen LogP contribution in [0.5, 0.6) is 0 Å². The van der Waals surface area contributed by atoms with E-state index in [0.717, 1.165) is 17.0 Å². The van der Waals surface area contributed by atoms with E-state index in [1.165, 1.54) is 0 Å². The SMILES string of the molecule is Cc1nc(C)c2[nH]c([Si])nc2n1. The van der Waals surface area contributed by atoms with Crippen molar-refractivity contribution in [2.24, 2.45) is 0 Å². The molecule has 0 aliphatic rings. The van der Waals surface area contributed by atoms with Gasteiger partial charge in [0.25, 0.3) is 0 Å². The van der Waals surface area contributed by atoms with Crippen LogP contribution in [0.15, 0.2) is 0 Å². The fourth-order valence-corrected chi connectivity index (χ4v) is 1.40. The lowest BCUT2D eigenvalue weighted by Gasteiger charge is -1.94. The van der Waals surface area contributed by atoms with E-state index in [9.17, 15) is 0 Å². The molecule has 4 nitrogen and oxygen atoms in total. The summed E-state index contributed by atoms with van der Waals surface area (Å²) in [6.07, 6.45) is 0. The Morgan fingerprint density at radius 2 is 1.92 bits per heavy atom. The van der Waals surface area contributed by atoms with Crippen molar-refractivity contribution in [3.8, 4) is 0 Å². The van der Waals surface area contributed by atoms with Gasteiger partial charge in [-0.1, -0.05) is 0 Å². The molecule has 3 radical (unpaired) electrons. The zero-order valence-electron chi connectivity index (χ0n) is 6.84. The lowest BCUT2D eigenvalue weighted by molar-refractivity contribution is 1.04. The van der Waals surface area contributed by atoms with Crippen LogP contribution < -0.4 is 5.45 Å². The molecule has 2 aromatic heterocycles. The molecule has 0 amide bonds. The van der Waals surface area contributed by atoms with Crippen molar-refractivity contribution in [3.05, 3.63) is 11.5 Å². The van der Waals surface area contributed by atoms with E-state index in [2.05, 4.69) is 30.2 Å². The third-order valence-electron chi connectivity index (χ3n) is 1.64. The summed E-state index contributed by atoms with van der Waals surface area (Å²) < 4.78 is 0. The van der Waals surface area contributed by atoms with Gasteiger partial charge in [-0.15, -0.1) is 0 Å². The highest BCUT2D eigenvalue weighted by atomic mass is 28.1. The van der Waals surface area contributed by atoms with Crippen molar-refractivity contribution in [2.75, 3.05) is 0 Å². The maximum atomic E-state index is 4.21. The van der Waals surface area contributed by atoms with Crippen LogP contribution in [0.25, 0.3) is 11.2 Å². The van der Waals surface area contributed by atoms with Gasteiger partial charge in [0, 0.05) is 0 Å². The molecule has 0 saturated carbocycles. The first-order chi connectivity index (χ1) is 5.66. The Kier molecular flexibility index (Phi) is 1.47. The number of hydrogen-bond donors (Lipinski definition) is 1. The molecular weight excluding hydrogens is 168 g/mol. The Labute approximate surface area is 72.9 Å². The normalized spacial score (nSPS) is 10.9. The van der Waals surface area contributed by atoms with Gasteiger partial charge in [-0.25, -0.2) is 15.0 Å². The standard InChI is InChI=1S/C7H7N4Si/c1-3-5-6(9-4(2)8-3)11-7(12)10-5/h1-2H3,(H,8,9,10,11). The van der Waals surface area contributed by atoms with E-state index in [1.54, 1.807) is 0 Å². The van der Waals surface area contributed by atoms with Crippen molar-refractivity contribution in [1.82, 2.24) is 19.9 Å². The summed E-state index contributed by atoms with van der Waals surface area (Å²) in [5.74, 6) is 0.748. The molecule has 59 valence electrons. The predicted molar refractivity (Wildman–Crippen MR) is 46.5 cm³/mol. The van der Waals surface area contributed by atoms with Gasteiger partial charge in [0.05, 0.1) is 11.1 Å². The van der Waals surface area contributed by atoms with E-state index >= 15 is 0 Å². The van der Waals surface area contributed by atoms with Crippen molar-refractivity contribution in [2.45, 2.75) is 13.8 Å². The Morgan fingerprint density at radius 1 is 1.17 bits per heavy atom. The molecular formula is C7H7N4Si. The topological polar surface area (TPSA) is 54.5 Å². The van der Waals surface area contributed by atoms with Crippen LogP contribution in [0.2, 0.25) is 0 Å². The summed E-state index contributed by atoms with van der Waals surface area (Å²) in [5.41, 5.74) is 3.22. The van der Waals surface area contributed by atoms with Crippen molar-refractivity contribution in [3.63, 3.8) is 0 Å². The van der Waals surface area contributed by atoms with Gasteiger partial charge in [0.2, 0.25) is 0 Å². The van der Waals surface area contributed by atoms with Crippen LogP contribution in [0.1, 0.15) is 11.5 Å². The monoisotopic (exact) mass is 175 g/mol. The maximum Gasteiger partial charge on any atom is 0.180 e. The number of imidazole rings is 1. The number of aryl methyl sites for hydroxylation is 2. The summed E-state index contributed by atoms with van der Waals surface area (Å²) in [4.78, 5) is 15.6. The summed E-state index contributed by atoms with van der Waals surface area (Å²) >= 11 is 0. The highest BCUT2D eigenvalue weighted by Gasteiger charge is 2.04. The highest BCUT2D eigenvalue weighted by molar-refractivity contribution is 6.29. The van der Waals surface area contributed by atoms with Gasteiger partial charge in [-0.2, -0.15) is 0 Å². The van der Waals surface area contributed by atoms with E-state index in [4.69, 9.17) is 0 Å².